The van der Waals surface area contributed by atoms with Gasteiger partial charge in [0.1, 0.15) is 0 Å². The number of hydrogen-bond donors (Lipinski definition) is 1. The van der Waals surface area contributed by atoms with Gasteiger partial charge < -0.3 is 10.1 Å². The second-order valence-electron chi connectivity index (χ2n) is 6.94. The molecule has 0 saturated carbocycles. The van der Waals surface area contributed by atoms with Crippen molar-refractivity contribution in [2.24, 2.45) is 0 Å². The molecule has 0 fully saturated rings. The van der Waals surface area contributed by atoms with E-state index >= 15 is 0 Å². The van der Waals surface area contributed by atoms with Crippen LogP contribution in [0.3, 0.4) is 0 Å². The first kappa shape index (κ1) is 24.2. The van der Waals surface area contributed by atoms with Gasteiger partial charge in [0, 0.05) is 36.5 Å². The second kappa shape index (κ2) is 10.9. The minimum atomic E-state index is -1.06. The van der Waals surface area contributed by atoms with Gasteiger partial charge >= 0.3 is 0 Å². The van der Waals surface area contributed by atoms with Crippen LogP contribution in [0.2, 0.25) is 5.02 Å². The van der Waals surface area contributed by atoms with Gasteiger partial charge in [0.25, 0.3) is 5.56 Å². The van der Waals surface area contributed by atoms with Crippen LogP contribution in [0.15, 0.2) is 46.3 Å². The van der Waals surface area contributed by atoms with Crippen molar-refractivity contribution in [3.05, 3.63) is 63.4 Å². The number of amides is 1. The first-order valence-electron chi connectivity index (χ1n) is 10.0. The molecular formula is C22H22ClF2N3O3S. The summed E-state index contributed by atoms with van der Waals surface area (Å²) in [5.41, 5.74) is 0.326. The highest BCUT2D eigenvalue weighted by atomic mass is 35.5. The lowest BCUT2D eigenvalue weighted by Crippen LogP contribution is -2.27. The molecule has 0 aliphatic rings. The zero-order valence-corrected chi connectivity index (χ0v) is 19.1. The Kier molecular flexibility index (Phi) is 8.22. The van der Waals surface area contributed by atoms with E-state index in [-0.39, 0.29) is 11.2 Å². The van der Waals surface area contributed by atoms with Crippen LogP contribution < -0.4 is 10.9 Å². The van der Waals surface area contributed by atoms with E-state index in [1.54, 1.807) is 25.1 Å². The van der Waals surface area contributed by atoms with Gasteiger partial charge in [-0.05, 0) is 50.6 Å². The average molecular weight is 482 g/mol. The minimum Gasteiger partial charge on any atom is -0.382 e. The number of aromatic nitrogens is 2. The van der Waals surface area contributed by atoms with Crippen LogP contribution >= 0.6 is 23.4 Å². The number of carbonyl (C=O) groups excluding carboxylic acids is 1. The molecule has 0 bridgehead atoms. The van der Waals surface area contributed by atoms with Crippen LogP contribution in [-0.2, 0) is 16.1 Å². The first-order chi connectivity index (χ1) is 15.3. The molecule has 0 aliphatic carbocycles. The maximum absolute atomic E-state index is 13.4. The molecule has 2 aromatic carbocycles. The maximum Gasteiger partial charge on any atom is 0.262 e. The normalized spacial score (nSPS) is 12.2. The molecular weight excluding hydrogens is 460 g/mol. The lowest BCUT2D eigenvalue weighted by Gasteiger charge is -2.16. The molecule has 1 heterocycles. The summed E-state index contributed by atoms with van der Waals surface area (Å²) in [5.74, 6) is -2.50. The van der Waals surface area contributed by atoms with Gasteiger partial charge in [-0.25, -0.2) is 13.8 Å². The summed E-state index contributed by atoms with van der Waals surface area (Å²) in [6.07, 6.45) is 0.595. The van der Waals surface area contributed by atoms with Crippen LogP contribution in [0.5, 0.6) is 0 Å². The summed E-state index contributed by atoms with van der Waals surface area (Å²) in [5, 5.41) is 3.10. The highest BCUT2D eigenvalue weighted by molar-refractivity contribution is 8.00. The van der Waals surface area contributed by atoms with E-state index in [9.17, 15) is 18.4 Å². The predicted molar refractivity (Wildman–Crippen MR) is 122 cm³/mol. The van der Waals surface area contributed by atoms with E-state index in [0.717, 1.165) is 23.9 Å². The molecule has 1 atom stereocenters. The monoisotopic (exact) mass is 481 g/mol. The number of benzene rings is 2. The third-order valence-electron chi connectivity index (χ3n) is 4.60. The lowest BCUT2D eigenvalue weighted by molar-refractivity contribution is -0.115. The fourth-order valence-electron chi connectivity index (χ4n) is 2.96. The van der Waals surface area contributed by atoms with Gasteiger partial charge in [0.2, 0.25) is 5.91 Å². The number of halogens is 3. The fourth-order valence-corrected chi connectivity index (χ4v) is 4.06. The Bertz CT molecular complexity index is 1190. The Labute approximate surface area is 192 Å². The molecule has 170 valence electrons. The number of nitrogens with one attached hydrogen (secondary N) is 1. The first-order valence-corrected chi connectivity index (χ1v) is 11.3. The molecule has 1 aromatic heterocycles. The number of hydrogen-bond acceptors (Lipinski definition) is 5. The smallest absolute Gasteiger partial charge is 0.262 e. The summed E-state index contributed by atoms with van der Waals surface area (Å²) in [6, 6.07) is 7.96. The Morgan fingerprint density at radius 3 is 2.75 bits per heavy atom. The van der Waals surface area contributed by atoms with Crippen molar-refractivity contribution in [1.29, 1.82) is 0 Å². The molecule has 6 nitrogen and oxygen atoms in total. The Hall–Kier alpha value is -2.49. The zero-order chi connectivity index (χ0) is 23.3. The van der Waals surface area contributed by atoms with Crippen LogP contribution in [0.4, 0.5) is 14.5 Å². The van der Waals surface area contributed by atoms with Crippen molar-refractivity contribution in [2.45, 2.75) is 37.2 Å². The molecule has 1 unspecified atom stereocenters. The summed E-state index contributed by atoms with van der Waals surface area (Å²) >= 11 is 7.15. The lowest BCUT2D eigenvalue weighted by atomic mass is 10.2. The molecule has 3 rings (SSSR count). The number of nitrogens with zero attached hydrogens (tertiary/aromatic N) is 2. The van der Waals surface area contributed by atoms with Crippen molar-refractivity contribution < 1.29 is 18.3 Å². The largest absolute Gasteiger partial charge is 0.382 e. The van der Waals surface area contributed by atoms with Crippen molar-refractivity contribution in [1.82, 2.24) is 9.55 Å². The minimum absolute atomic E-state index is 0.133. The fraction of sp³-hybridized carbons (Fsp3) is 0.318. The molecule has 32 heavy (non-hydrogen) atoms. The highest BCUT2D eigenvalue weighted by Crippen LogP contribution is 2.25. The van der Waals surface area contributed by atoms with E-state index < -0.39 is 22.8 Å². The molecule has 3 aromatic rings. The zero-order valence-electron chi connectivity index (χ0n) is 17.5. The summed E-state index contributed by atoms with van der Waals surface area (Å²) in [4.78, 5) is 30.3. The quantitative estimate of drug-likeness (QED) is 0.268. The highest BCUT2D eigenvalue weighted by Gasteiger charge is 2.20. The maximum atomic E-state index is 13.4. The van der Waals surface area contributed by atoms with Gasteiger partial charge in [0.15, 0.2) is 16.8 Å². The molecule has 1 N–H and O–H groups in total. The third kappa shape index (κ3) is 5.85. The van der Waals surface area contributed by atoms with E-state index in [0.29, 0.717) is 47.3 Å². The number of thioether (sulfide) groups is 1. The van der Waals surface area contributed by atoms with Crippen molar-refractivity contribution >= 4 is 45.9 Å². The van der Waals surface area contributed by atoms with Crippen molar-refractivity contribution in [2.75, 3.05) is 18.5 Å². The van der Waals surface area contributed by atoms with Crippen molar-refractivity contribution in [3.8, 4) is 0 Å². The topological polar surface area (TPSA) is 73.2 Å². The number of ether oxygens (including phenoxy) is 1. The van der Waals surface area contributed by atoms with Crippen LogP contribution in [0, 0.1) is 11.6 Å². The van der Waals surface area contributed by atoms with E-state index in [1.807, 2.05) is 6.92 Å². The third-order valence-corrected chi connectivity index (χ3v) is 5.92. The molecule has 0 saturated heterocycles. The Morgan fingerprint density at radius 2 is 2.03 bits per heavy atom. The van der Waals surface area contributed by atoms with E-state index in [4.69, 9.17) is 16.3 Å². The van der Waals surface area contributed by atoms with Gasteiger partial charge in [-0.2, -0.15) is 0 Å². The molecule has 0 radical (unpaired) electrons. The van der Waals surface area contributed by atoms with E-state index in [1.165, 1.54) is 10.6 Å². The standard InChI is InChI=1S/C22H22ClF2N3O3S/c1-3-31-10-4-9-28-21(30)16-7-5-14(23)11-19(16)27-22(28)32-13(2)20(29)26-15-6-8-17(24)18(25)12-15/h5-8,11-13H,3-4,9-10H2,1-2H3,(H,26,29). The van der Waals surface area contributed by atoms with Gasteiger partial charge in [0.05, 0.1) is 16.2 Å². The number of fused-ring (bicyclic) bond motifs is 1. The van der Waals surface area contributed by atoms with E-state index in [2.05, 4.69) is 10.3 Å². The van der Waals surface area contributed by atoms with Crippen LogP contribution in [0.25, 0.3) is 10.9 Å². The summed E-state index contributed by atoms with van der Waals surface area (Å²) in [7, 11) is 0. The molecule has 1 amide bonds. The van der Waals surface area contributed by atoms with Crippen LogP contribution in [0.1, 0.15) is 20.3 Å². The second-order valence-corrected chi connectivity index (χ2v) is 8.69. The number of rotatable bonds is 9. The molecule has 0 spiro atoms. The van der Waals surface area contributed by atoms with Gasteiger partial charge in [-0.1, -0.05) is 23.4 Å². The molecule has 0 aliphatic heterocycles. The van der Waals surface area contributed by atoms with Crippen LogP contribution in [-0.4, -0.2) is 33.9 Å². The van der Waals surface area contributed by atoms with Gasteiger partial charge in [-0.15, -0.1) is 0 Å². The predicted octanol–water partition coefficient (Wildman–Crippen LogP) is 4.87. The van der Waals surface area contributed by atoms with Gasteiger partial charge in [-0.3, -0.25) is 14.2 Å². The summed E-state index contributed by atoms with van der Waals surface area (Å²) in [6.45, 7) is 4.95. The SMILES string of the molecule is CCOCCCn1c(SC(C)C(=O)Nc2ccc(F)c(F)c2)nc2cc(Cl)ccc2c1=O. The Balaban J connectivity index is 1.86. The Morgan fingerprint density at radius 1 is 1.25 bits per heavy atom. The number of anilines is 1. The number of carbonyl (C=O) groups is 1. The molecule has 10 heteroatoms. The van der Waals surface area contributed by atoms with Crippen molar-refractivity contribution in [3.63, 3.8) is 0 Å². The average Bonchev–Trinajstić information content (AvgIpc) is 2.75. The summed E-state index contributed by atoms with van der Waals surface area (Å²) < 4.78 is 33.4.